The third kappa shape index (κ3) is 0.946. The largest absolute Gasteiger partial charge is 0.508 e. The highest BCUT2D eigenvalue weighted by Crippen LogP contribution is 2.31. The molecule has 0 bridgehead atoms. The van der Waals surface area contributed by atoms with Gasteiger partial charge in [0.2, 0.25) is 0 Å². The molecule has 2 nitrogen and oxygen atoms in total. The van der Waals surface area contributed by atoms with E-state index in [4.69, 9.17) is 4.74 Å². The van der Waals surface area contributed by atoms with E-state index in [0.29, 0.717) is 5.75 Å². The number of hydrogen-bond acceptors (Lipinski definition) is 2. The second-order valence-electron chi connectivity index (χ2n) is 2.84. The average Bonchev–Trinajstić information content (AvgIpc) is 2.36. The van der Waals surface area contributed by atoms with Crippen molar-refractivity contribution in [1.82, 2.24) is 0 Å². The molecule has 0 amide bonds. The van der Waals surface area contributed by atoms with Crippen molar-refractivity contribution in [1.29, 1.82) is 0 Å². The molecule has 0 unspecified atom stereocenters. The molecular weight excluding hydrogens is 140 g/mol. The zero-order valence-corrected chi connectivity index (χ0v) is 6.42. The number of ether oxygens (including phenoxy) is 1. The second-order valence-corrected chi connectivity index (χ2v) is 2.84. The lowest BCUT2D eigenvalue weighted by molar-refractivity contribution is 0.354. The van der Waals surface area contributed by atoms with Gasteiger partial charge in [0.25, 0.3) is 0 Å². The maximum Gasteiger partial charge on any atom is 0.126 e. The summed E-state index contributed by atoms with van der Waals surface area (Å²) in [6, 6.07) is 3.68. The minimum Gasteiger partial charge on any atom is -0.508 e. The Balaban J connectivity index is 2.57. The summed E-state index contributed by atoms with van der Waals surface area (Å²) in [6.07, 6.45) is 0.969. The van der Waals surface area contributed by atoms with Gasteiger partial charge in [0, 0.05) is 12.5 Å². The first kappa shape index (κ1) is 6.53. The van der Waals surface area contributed by atoms with Crippen LogP contribution < -0.4 is 4.74 Å². The van der Waals surface area contributed by atoms with Crippen molar-refractivity contribution in [3.8, 4) is 11.5 Å². The summed E-state index contributed by atoms with van der Waals surface area (Å²) < 4.78 is 5.27. The predicted molar refractivity (Wildman–Crippen MR) is 42.0 cm³/mol. The third-order valence-electron chi connectivity index (χ3n) is 2.01. The molecule has 1 aliphatic heterocycles. The van der Waals surface area contributed by atoms with Crippen LogP contribution in [0.15, 0.2) is 12.1 Å². The molecular formula is C9H10O2. The lowest BCUT2D eigenvalue weighted by Gasteiger charge is -2.01. The molecule has 1 aliphatic rings. The quantitative estimate of drug-likeness (QED) is 0.609. The highest BCUT2D eigenvalue weighted by Gasteiger charge is 2.13. The van der Waals surface area contributed by atoms with Gasteiger partial charge in [0.15, 0.2) is 0 Å². The molecule has 1 aromatic rings. The number of phenols is 1. The van der Waals surface area contributed by atoms with Crippen LogP contribution in [0.3, 0.4) is 0 Å². The fourth-order valence-corrected chi connectivity index (χ4v) is 1.34. The smallest absolute Gasteiger partial charge is 0.126 e. The van der Waals surface area contributed by atoms with E-state index in [1.807, 2.05) is 13.0 Å². The topological polar surface area (TPSA) is 29.5 Å². The molecule has 0 saturated carbocycles. The summed E-state index contributed by atoms with van der Waals surface area (Å²) in [5.74, 6) is 1.17. The Bertz CT molecular complexity index is 263. The summed E-state index contributed by atoms with van der Waals surface area (Å²) in [4.78, 5) is 0. The van der Waals surface area contributed by atoms with Crippen molar-refractivity contribution in [3.05, 3.63) is 23.3 Å². The number of aromatic hydroxyl groups is 1. The van der Waals surface area contributed by atoms with Gasteiger partial charge in [-0.05, 0) is 24.1 Å². The van der Waals surface area contributed by atoms with Gasteiger partial charge in [-0.2, -0.15) is 0 Å². The van der Waals surface area contributed by atoms with Gasteiger partial charge >= 0.3 is 0 Å². The first-order chi connectivity index (χ1) is 5.27. The van der Waals surface area contributed by atoms with Crippen LogP contribution in [0.1, 0.15) is 11.1 Å². The molecule has 2 rings (SSSR count). The first-order valence-corrected chi connectivity index (χ1v) is 3.72. The maximum atomic E-state index is 9.30. The SMILES string of the molecule is Cc1cc2c(cc1O)OCC2. The minimum atomic E-state index is 0.325. The fourth-order valence-electron chi connectivity index (χ4n) is 1.34. The Morgan fingerprint density at radius 3 is 3.09 bits per heavy atom. The van der Waals surface area contributed by atoms with Crippen LogP contribution in [0.4, 0.5) is 0 Å². The number of fused-ring (bicyclic) bond motifs is 1. The monoisotopic (exact) mass is 150 g/mol. The molecule has 0 radical (unpaired) electrons. The lowest BCUT2D eigenvalue weighted by Crippen LogP contribution is -1.85. The van der Waals surface area contributed by atoms with Gasteiger partial charge in [0.1, 0.15) is 11.5 Å². The Hall–Kier alpha value is -1.18. The molecule has 2 heteroatoms. The number of phenolic OH excluding ortho intramolecular Hbond substituents is 1. The number of benzene rings is 1. The molecule has 11 heavy (non-hydrogen) atoms. The van der Waals surface area contributed by atoms with Crippen LogP contribution in [0, 0.1) is 6.92 Å². The first-order valence-electron chi connectivity index (χ1n) is 3.72. The maximum absolute atomic E-state index is 9.30. The van der Waals surface area contributed by atoms with E-state index in [1.54, 1.807) is 6.07 Å². The van der Waals surface area contributed by atoms with Crippen molar-refractivity contribution < 1.29 is 9.84 Å². The van der Waals surface area contributed by atoms with Crippen molar-refractivity contribution in [2.24, 2.45) is 0 Å². The summed E-state index contributed by atoms with van der Waals surface area (Å²) in [5.41, 5.74) is 2.13. The van der Waals surface area contributed by atoms with Crippen LogP contribution in [-0.2, 0) is 6.42 Å². The molecule has 58 valence electrons. The van der Waals surface area contributed by atoms with E-state index >= 15 is 0 Å². The molecule has 0 spiro atoms. The highest BCUT2D eigenvalue weighted by atomic mass is 16.5. The zero-order chi connectivity index (χ0) is 7.84. The van der Waals surface area contributed by atoms with Crippen molar-refractivity contribution in [2.45, 2.75) is 13.3 Å². The van der Waals surface area contributed by atoms with Crippen molar-refractivity contribution >= 4 is 0 Å². The Morgan fingerprint density at radius 2 is 2.27 bits per heavy atom. The standard InChI is InChI=1S/C9H10O2/c1-6-4-7-2-3-11-9(7)5-8(6)10/h4-5,10H,2-3H2,1H3. The van der Waals surface area contributed by atoms with Crippen molar-refractivity contribution in [3.63, 3.8) is 0 Å². The average molecular weight is 150 g/mol. The normalized spacial score (nSPS) is 14.3. The Kier molecular flexibility index (Phi) is 1.28. The van der Waals surface area contributed by atoms with Crippen LogP contribution >= 0.6 is 0 Å². The van der Waals surface area contributed by atoms with Gasteiger partial charge in [-0.3, -0.25) is 0 Å². The summed E-state index contributed by atoms with van der Waals surface area (Å²) >= 11 is 0. The van der Waals surface area contributed by atoms with Gasteiger partial charge < -0.3 is 9.84 Å². The molecule has 1 aromatic carbocycles. The third-order valence-corrected chi connectivity index (χ3v) is 2.01. The molecule has 0 fully saturated rings. The van der Waals surface area contributed by atoms with E-state index in [0.717, 1.165) is 24.3 Å². The molecule has 0 aromatic heterocycles. The van der Waals surface area contributed by atoms with Crippen LogP contribution in [0.25, 0.3) is 0 Å². The highest BCUT2D eigenvalue weighted by molar-refractivity contribution is 5.46. The summed E-state index contributed by atoms with van der Waals surface area (Å²) in [6.45, 7) is 2.64. The molecule has 0 saturated heterocycles. The summed E-state index contributed by atoms with van der Waals surface area (Å²) in [7, 11) is 0. The number of aryl methyl sites for hydroxylation is 1. The van der Waals surface area contributed by atoms with Crippen LogP contribution in [0.5, 0.6) is 11.5 Å². The number of rotatable bonds is 0. The van der Waals surface area contributed by atoms with Crippen LogP contribution in [0.2, 0.25) is 0 Å². The van der Waals surface area contributed by atoms with E-state index < -0.39 is 0 Å². The van der Waals surface area contributed by atoms with Gasteiger partial charge in [-0.25, -0.2) is 0 Å². The van der Waals surface area contributed by atoms with Crippen molar-refractivity contribution in [2.75, 3.05) is 6.61 Å². The Labute approximate surface area is 65.4 Å². The second kappa shape index (κ2) is 2.16. The van der Waals surface area contributed by atoms with E-state index in [9.17, 15) is 5.11 Å². The minimum absolute atomic E-state index is 0.325. The van der Waals surface area contributed by atoms with E-state index in [1.165, 1.54) is 5.56 Å². The van der Waals surface area contributed by atoms with Crippen LogP contribution in [-0.4, -0.2) is 11.7 Å². The Morgan fingerprint density at radius 1 is 1.45 bits per heavy atom. The predicted octanol–water partition coefficient (Wildman–Crippen LogP) is 1.64. The molecule has 1 N–H and O–H groups in total. The van der Waals surface area contributed by atoms with Gasteiger partial charge in [-0.1, -0.05) is 0 Å². The summed E-state index contributed by atoms with van der Waals surface area (Å²) in [5, 5.41) is 9.30. The zero-order valence-electron chi connectivity index (χ0n) is 6.42. The molecule has 0 aliphatic carbocycles. The van der Waals surface area contributed by atoms with E-state index in [-0.39, 0.29) is 0 Å². The molecule has 1 heterocycles. The van der Waals surface area contributed by atoms with Gasteiger partial charge in [-0.15, -0.1) is 0 Å². The fraction of sp³-hybridized carbons (Fsp3) is 0.333. The number of hydrogen-bond donors (Lipinski definition) is 1. The van der Waals surface area contributed by atoms with E-state index in [2.05, 4.69) is 0 Å². The lowest BCUT2D eigenvalue weighted by atomic mass is 10.1. The van der Waals surface area contributed by atoms with Gasteiger partial charge in [0.05, 0.1) is 6.61 Å². The molecule has 0 atom stereocenters.